The molecule has 0 saturated heterocycles. The average molecular weight is 831 g/mol. The number of aliphatic hydroxyl groups excluding tert-OH is 2. The Morgan fingerprint density at radius 3 is 2.19 bits per heavy atom. The lowest BCUT2D eigenvalue weighted by molar-refractivity contribution is -0.164. The Bertz CT molecular complexity index is 1800. The number of carbonyl (C=O) groups excluding carboxylic acids is 3. The Labute approximate surface area is 349 Å². The molecule has 0 aliphatic carbocycles. The molecule has 14 heteroatoms. The second-order valence-electron chi connectivity index (χ2n) is 17.3. The molecule has 0 spiro atoms. The zero-order valence-corrected chi connectivity index (χ0v) is 36.8. The summed E-state index contributed by atoms with van der Waals surface area (Å²) in [5.74, 6) is -7.49. The highest BCUT2D eigenvalue weighted by Gasteiger charge is 2.49. The molecule has 0 saturated carbocycles. The zero-order valence-electron chi connectivity index (χ0n) is 36.8. The molecular formula is C45H70N2O12. The third kappa shape index (κ3) is 10.4. The molecule has 3 heterocycles. The van der Waals surface area contributed by atoms with Crippen LogP contribution in [0.25, 0.3) is 10.8 Å². The molecule has 1 amide bonds. The van der Waals surface area contributed by atoms with Crippen LogP contribution in [0.1, 0.15) is 136 Å². The van der Waals surface area contributed by atoms with Crippen molar-refractivity contribution in [2.45, 2.75) is 157 Å². The van der Waals surface area contributed by atoms with Crippen LogP contribution in [-0.2, 0) is 23.8 Å². The van der Waals surface area contributed by atoms with E-state index in [2.05, 4.69) is 17.6 Å². The molecule has 5 bridgehead atoms. The van der Waals surface area contributed by atoms with Crippen molar-refractivity contribution in [3.63, 3.8) is 0 Å². The number of Topliss-reactive ketones (excluding diaryl/α,β-unsaturated/α-hetero) is 1. The number of hydrogen-bond donors (Lipinski definition) is 7. The van der Waals surface area contributed by atoms with Crippen LogP contribution in [0.2, 0.25) is 0 Å². The first-order valence-corrected chi connectivity index (χ1v) is 21.6. The molecule has 3 aliphatic rings. The lowest BCUT2D eigenvalue weighted by Gasteiger charge is -2.39. The first kappa shape index (κ1) is 47.8. The van der Waals surface area contributed by atoms with Gasteiger partial charge in [-0.05, 0) is 38.5 Å². The molecule has 14 nitrogen and oxygen atoms in total. The van der Waals surface area contributed by atoms with Crippen LogP contribution in [-0.4, -0.2) is 93.7 Å². The fraction of sp³-hybridized carbons (Fsp3) is 0.711. The van der Waals surface area contributed by atoms with Gasteiger partial charge in [0.1, 0.15) is 34.7 Å². The maximum absolute atomic E-state index is 14.4. The van der Waals surface area contributed by atoms with Crippen LogP contribution >= 0.6 is 0 Å². The summed E-state index contributed by atoms with van der Waals surface area (Å²) in [5, 5.41) is 64.2. The predicted molar refractivity (Wildman–Crippen MR) is 226 cm³/mol. The number of ketones is 1. The van der Waals surface area contributed by atoms with E-state index in [1.54, 1.807) is 20.8 Å². The maximum atomic E-state index is 14.4. The number of ether oxygens (including phenoxy) is 4. The minimum absolute atomic E-state index is 0.00381. The van der Waals surface area contributed by atoms with Crippen LogP contribution in [0.3, 0.4) is 0 Å². The van der Waals surface area contributed by atoms with Gasteiger partial charge in [-0.15, -0.1) is 0 Å². The molecule has 0 radical (unpaired) electrons. The Morgan fingerprint density at radius 1 is 0.881 bits per heavy atom. The van der Waals surface area contributed by atoms with Crippen molar-refractivity contribution >= 4 is 39.8 Å². The first-order valence-electron chi connectivity index (χ1n) is 21.6. The molecule has 0 aromatic heterocycles. The van der Waals surface area contributed by atoms with E-state index in [1.165, 1.54) is 27.9 Å². The van der Waals surface area contributed by atoms with Gasteiger partial charge in [0.2, 0.25) is 11.7 Å². The molecule has 10 atom stereocenters. The number of aromatic hydroxyl groups is 3. The first-order chi connectivity index (χ1) is 27.8. The largest absolute Gasteiger partial charge is 0.507 e. The van der Waals surface area contributed by atoms with Gasteiger partial charge in [-0.1, -0.05) is 80.1 Å². The van der Waals surface area contributed by atoms with Crippen LogP contribution in [0.15, 0.2) is 0 Å². The number of fused-ring (bicyclic) bond motifs is 17. The third-order valence-electron chi connectivity index (χ3n) is 12.8. The summed E-state index contributed by atoms with van der Waals surface area (Å²) >= 11 is 0. The summed E-state index contributed by atoms with van der Waals surface area (Å²) in [6.07, 6.45) is 4.40. The van der Waals surface area contributed by atoms with Gasteiger partial charge in [0.15, 0.2) is 5.75 Å². The number of phenols is 3. The highest BCUT2D eigenvalue weighted by molar-refractivity contribution is 6.23. The topological polar surface area (TPSA) is 213 Å². The van der Waals surface area contributed by atoms with Crippen molar-refractivity contribution in [2.75, 3.05) is 30.9 Å². The van der Waals surface area contributed by atoms with E-state index >= 15 is 0 Å². The van der Waals surface area contributed by atoms with E-state index < -0.39 is 88.8 Å². The van der Waals surface area contributed by atoms with E-state index in [0.717, 1.165) is 38.5 Å². The van der Waals surface area contributed by atoms with Crippen LogP contribution < -0.4 is 15.4 Å². The number of benzene rings is 2. The Hall–Kier alpha value is -3.85. The van der Waals surface area contributed by atoms with E-state index in [9.17, 15) is 39.9 Å². The summed E-state index contributed by atoms with van der Waals surface area (Å²) in [6, 6.07) is 0. The van der Waals surface area contributed by atoms with Crippen molar-refractivity contribution in [3.05, 3.63) is 11.1 Å². The SMILES string of the molecule is CCCCCCCCNc1c2c(O)c3c(O)c(C)c4c(c3c1O)C(=O)[C@@](C)(OCC[C@H](OC)[C@@H](C)[C@@H](OC(C)=O)[C@H](C)[C@H](O)[C@H](C)[C@H](O)[C@@H](C)CCCC(C)C(=O)N2)O4. The summed E-state index contributed by atoms with van der Waals surface area (Å²) in [4.78, 5) is 40.6. The third-order valence-corrected chi connectivity index (χ3v) is 12.8. The Kier molecular flexibility index (Phi) is 16.7. The van der Waals surface area contributed by atoms with Gasteiger partial charge in [-0.3, -0.25) is 14.4 Å². The average Bonchev–Trinajstić information content (AvgIpc) is 3.46. The molecule has 1 unspecified atom stereocenters. The van der Waals surface area contributed by atoms with Gasteiger partial charge in [0, 0.05) is 62.1 Å². The quantitative estimate of drug-likeness (QED) is 0.0530. The summed E-state index contributed by atoms with van der Waals surface area (Å²) in [7, 11) is 1.51. The molecule has 2 aromatic carbocycles. The number of rotatable bonds is 10. The monoisotopic (exact) mass is 830 g/mol. The normalized spacial score (nSPS) is 30.0. The van der Waals surface area contributed by atoms with Gasteiger partial charge < -0.3 is 55.1 Å². The fourth-order valence-corrected chi connectivity index (χ4v) is 8.86. The molecule has 59 heavy (non-hydrogen) atoms. The van der Waals surface area contributed by atoms with E-state index in [1.807, 2.05) is 13.8 Å². The number of amides is 1. The highest BCUT2D eigenvalue weighted by Crippen LogP contribution is 2.57. The highest BCUT2D eigenvalue weighted by atomic mass is 16.7. The van der Waals surface area contributed by atoms with Gasteiger partial charge in [-0.25, -0.2) is 0 Å². The molecule has 332 valence electrons. The van der Waals surface area contributed by atoms with Crippen molar-refractivity contribution in [1.82, 2.24) is 0 Å². The van der Waals surface area contributed by atoms with Crippen LogP contribution in [0.5, 0.6) is 23.0 Å². The van der Waals surface area contributed by atoms with E-state index in [4.69, 9.17) is 18.9 Å². The minimum atomic E-state index is -1.92. The number of methoxy groups -OCH3 is 1. The Morgan fingerprint density at radius 2 is 1.54 bits per heavy atom. The van der Waals surface area contributed by atoms with Crippen molar-refractivity contribution in [2.24, 2.45) is 29.6 Å². The van der Waals surface area contributed by atoms with Gasteiger partial charge in [0.05, 0.1) is 35.9 Å². The van der Waals surface area contributed by atoms with Gasteiger partial charge in [0.25, 0.3) is 5.79 Å². The molecule has 0 fully saturated rings. The fourth-order valence-electron chi connectivity index (χ4n) is 8.86. The smallest absolute Gasteiger partial charge is 0.302 e. The predicted octanol–water partition coefficient (Wildman–Crippen LogP) is 7.71. The van der Waals surface area contributed by atoms with Crippen molar-refractivity contribution in [3.8, 4) is 23.0 Å². The summed E-state index contributed by atoms with van der Waals surface area (Å²) in [5.41, 5.74) is -0.0878. The second kappa shape index (κ2) is 20.6. The van der Waals surface area contributed by atoms with Crippen LogP contribution in [0, 0.1) is 36.5 Å². The van der Waals surface area contributed by atoms with E-state index in [0.29, 0.717) is 25.8 Å². The molecule has 2 aromatic rings. The number of hydrogen-bond acceptors (Lipinski definition) is 13. The van der Waals surface area contributed by atoms with Gasteiger partial charge >= 0.3 is 5.97 Å². The standard InChI is InChI=1S/C45H70N2O12/c1-11-12-13-14-15-16-21-46-34-35-40(53)32-31(39(34)52)33-42(28(7)38(32)51)59-45(9,43(33)54)57-22-20-30(56-10)25(4)41(58-29(8)48)27(6)37(50)26(5)36(49)23(2)18-17-19-24(3)44(55)47-35/h23-27,30,36-37,41,46,49-53H,11-22H2,1-10H3,(H,47,55)/t23-,24?,25+,26+,27+,30-,36+,37+,41+,45-/m0/s1. The summed E-state index contributed by atoms with van der Waals surface area (Å²) < 4.78 is 24.0. The minimum Gasteiger partial charge on any atom is -0.507 e. The molecule has 3 aliphatic heterocycles. The van der Waals surface area contributed by atoms with Crippen molar-refractivity contribution in [1.29, 1.82) is 0 Å². The Balaban J connectivity index is 1.82. The number of anilines is 2. The van der Waals surface area contributed by atoms with Crippen molar-refractivity contribution < 1.29 is 58.9 Å². The van der Waals surface area contributed by atoms with E-state index in [-0.39, 0.29) is 58.0 Å². The number of phenolic OH excluding ortho intramolecular Hbond substituents is 3. The van der Waals surface area contributed by atoms with Crippen LogP contribution in [0.4, 0.5) is 11.4 Å². The van der Waals surface area contributed by atoms with Gasteiger partial charge in [-0.2, -0.15) is 0 Å². The number of carbonyl (C=O) groups is 3. The number of aliphatic hydroxyl groups is 2. The zero-order chi connectivity index (χ0) is 43.9. The summed E-state index contributed by atoms with van der Waals surface area (Å²) in [6.45, 7) is 15.7. The molecule has 7 N–H and O–H groups in total. The molecular weight excluding hydrogens is 760 g/mol. The maximum Gasteiger partial charge on any atom is 0.302 e. The number of unbranched alkanes of at least 4 members (excludes halogenated alkanes) is 5. The second-order valence-corrected chi connectivity index (χ2v) is 17.3. The number of esters is 1. The molecule has 5 rings (SSSR count). The lowest BCUT2D eigenvalue weighted by Crippen LogP contribution is -2.47. The number of nitrogens with one attached hydrogen (secondary N) is 2. The lowest BCUT2D eigenvalue weighted by atomic mass is 9.77.